The molecule has 17 heavy (non-hydrogen) atoms. The molecule has 0 spiro atoms. The maximum atomic E-state index is 13.5. The zero-order chi connectivity index (χ0) is 12.6. The number of H-pyrrole nitrogens is 1. The van der Waals surface area contributed by atoms with Crippen LogP contribution < -0.4 is 5.73 Å². The van der Waals surface area contributed by atoms with Gasteiger partial charge in [-0.05, 0) is 11.6 Å². The largest absolute Gasteiger partial charge is 0.384 e. The average Bonchev–Trinajstić information content (AvgIpc) is 2.62. The molecule has 2 aromatic rings. The molecular weight excluding hydrogens is 248 g/mol. The second-order valence-corrected chi connectivity index (χ2v) is 4.16. The summed E-state index contributed by atoms with van der Waals surface area (Å²) in [7, 11) is 0. The first-order valence-corrected chi connectivity index (χ1v) is 5.25. The van der Waals surface area contributed by atoms with Crippen LogP contribution in [0.15, 0.2) is 24.4 Å². The van der Waals surface area contributed by atoms with Gasteiger partial charge in [0.15, 0.2) is 0 Å². The van der Waals surface area contributed by atoms with E-state index in [9.17, 15) is 8.78 Å². The van der Waals surface area contributed by atoms with E-state index in [1.807, 2.05) is 0 Å². The van der Waals surface area contributed by atoms with Crippen LogP contribution in [-0.2, 0) is 5.92 Å². The normalized spacial score (nSPS) is 11.8. The molecule has 0 aliphatic carbocycles. The summed E-state index contributed by atoms with van der Waals surface area (Å²) in [5.41, 5.74) is 6.10. The summed E-state index contributed by atoms with van der Waals surface area (Å²) in [6, 6.07) is 4.56. The molecule has 1 heterocycles. The van der Waals surface area contributed by atoms with E-state index in [0.29, 0.717) is 5.56 Å². The number of nitrogens with zero attached hydrogens (tertiary/aromatic N) is 1. The van der Waals surface area contributed by atoms with Crippen LogP contribution in [0.5, 0.6) is 0 Å². The van der Waals surface area contributed by atoms with Gasteiger partial charge in [0.25, 0.3) is 5.92 Å². The Morgan fingerprint density at radius 2 is 2.06 bits per heavy atom. The number of hydrogen-bond acceptors (Lipinski definition) is 2. The van der Waals surface area contributed by atoms with Gasteiger partial charge >= 0.3 is 0 Å². The van der Waals surface area contributed by atoms with Gasteiger partial charge in [-0.15, -0.1) is 0 Å². The number of nitrogens with one attached hydrogen (secondary N) is 1. The number of nitrogens with two attached hydrogens (primary N) is 1. The third kappa shape index (κ3) is 2.10. The molecule has 3 nitrogen and oxygen atoms in total. The summed E-state index contributed by atoms with van der Waals surface area (Å²) in [5.74, 6) is -2.81. The fourth-order valence-corrected chi connectivity index (χ4v) is 2.05. The standard InChI is InChI=1S/C11H10ClF2N3/c1-11(13,14)9-6(3-2-4-8(9)12)7-5-16-17-10(7)15/h2-5H,1H3,(H3,15,16,17). The summed E-state index contributed by atoms with van der Waals surface area (Å²) >= 11 is 5.83. The van der Waals surface area contributed by atoms with Crippen molar-refractivity contribution in [2.24, 2.45) is 0 Å². The highest BCUT2D eigenvalue weighted by atomic mass is 35.5. The van der Waals surface area contributed by atoms with Gasteiger partial charge in [0.1, 0.15) is 5.82 Å². The van der Waals surface area contributed by atoms with Crippen LogP contribution in [0.1, 0.15) is 12.5 Å². The molecule has 0 atom stereocenters. The van der Waals surface area contributed by atoms with Crippen LogP contribution in [0.4, 0.5) is 14.6 Å². The Bertz CT molecular complexity index is 546. The molecule has 0 amide bonds. The fraction of sp³-hybridized carbons (Fsp3) is 0.182. The minimum atomic E-state index is -3.04. The second kappa shape index (κ2) is 4.00. The predicted molar refractivity (Wildman–Crippen MR) is 63.0 cm³/mol. The van der Waals surface area contributed by atoms with Gasteiger partial charge in [-0.3, -0.25) is 5.10 Å². The van der Waals surface area contributed by atoms with Gasteiger partial charge in [0.05, 0.1) is 11.2 Å². The van der Waals surface area contributed by atoms with Gasteiger partial charge in [0.2, 0.25) is 0 Å². The van der Waals surface area contributed by atoms with Crippen molar-refractivity contribution in [3.63, 3.8) is 0 Å². The first-order valence-electron chi connectivity index (χ1n) is 4.87. The van der Waals surface area contributed by atoms with E-state index in [1.165, 1.54) is 12.3 Å². The van der Waals surface area contributed by atoms with E-state index in [1.54, 1.807) is 12.1 Å². The lowest BCUT2D eigenvalue weighted by molar-refractivity contribution is 0.0182. The van der Waals surface area contributed by atoms with E-state index in [-0.39, 0.29) is 22.0 Å². The molecule has 1 aromatic carbocycles. The van der Waals surface area contributed by atoms with Gasteiger partial charge < -0.3 is 5.73 Å². The van der Waals surface area contributed by atoms with Crippen LogP contribution in [0, 0.1) is 0 Å². The topological polar surface area (TPSA) is 54.7 Å². The Hall–Kier alpha value is -1.62. The smallest absolute Gasteiger partial charge is 0.272 e. The zero-order valence-corrected chi connectivity index (χ0v) is 9.72. The summed E-state index contributed by atoms with van der Waals surface area (Å²) in [6.45, 7) is 0.800. The molecule has 3 N–H and O–H groups in total. The van der Waals surface area contributed by atoms with E-state index in [0.717, 1.165) is 6.92 Å². The first-order chi connectivity index (χ1) is 7.91. The summed E-state index contributed by atoms with van der Waals surface area (Å²) in [6.07, 6.45) is 1.40. The minimum Gasteiger partial charge on any atom is -0.384 e. The zero-order valence-electron chi connectivity index (χ0n) is 8.97. The number of aromatic amines is 1. The lowest BCUT2D eigenvalue weighted by Gasteiger charge is -2.17. The molecule has 90 valence electrons. The van der Waals surface area contributed by atoms with Crippen molar-refractivity contribution in [2.45, 2.75) is 12.8 Å². The molecule has 1 aromatic heterocycles. The molecule has 6 heteroatoms. The Labute approximate surface area is 102 Å². The number of benzene rings is 1. The third-order valence-corrected chi connectivity index (χ3v) is 2.73. The number of hydrogen-bond donors (Lipinski definition) is 2. The number of alkyl halides is 2. The Balaban J connectivity index is 2.71. The van der Waals surface area contributed by atoms with Crippen molar-refractivity contribution < 1.29 is 8.78 Å². The lowest BCUT2D eigenvalue weighted by Crippen LogP contribution is -2.10. The molecule has 0 saturated heterocycles. The van der Waals surface area contributed by atoms with E-state index < -0.39 is 5.92 Å². The van der Waals surface area contributed by atoms with Crippen molar-refractivity contribution in [1.82, 2.24) is 10.2 Å². The van der Waals surface area contributed by atoms with Crippen LogP contribution in [0.3, 0.4) is 0 Å². The molecule has 0 aliphatic rings. The average molecular weight is 258 g/mol. The number of nitrogen functional groups attached to an aromatic ring is 1. The van der Waals surface area contributed by atoms with E-state index >= 15 is 0 Å². The molecular formula is C11H10ClF2N3. The van der Waals surface area contributed by atoms with Gasteiger partial charge in [0, 0.05) is 18.1 Å². The molecule has 0 fully saturated rings. The van der Waals surface area contributed by atoms with Gasteiger partial charge in [-0.25, -0.2) is 8.78 Å². The Kier molecular flexibility index (Phi) is 2.79. The third-order valence-electron chi connectivity index (χ3n) is 2.41. The highest BCUT2D eigenvalue weighted by molar-refractivity contribution is 6.31. The molecule has 0 radical (unpaired) electrons. The highest BCUT2D eigenvalue weighted by Gasteiger charge is 2.31. The maximum Gasteiger partial charge on any atom is 0.272 e. The van der Waals surface area contributed by atoms with Gasteiger partial charge in [-0.1, -0.05) is 23.7 Å². The highest BCUT2D eigenvalue weighted by Crippen LogP contribution is 2.41. The van der Waals surface area contributed by atoms with E-state index in [2.05, 4.69) is 10.2 Å². The first kappa shape index (κ1) is 11.9. The van der Waals surface area contributed by atoms with Gasteiger partial charge in [-0.2, -0.15) is 5.10 Å². The number of rotatable bonds is 2. The van der Waals surface area contributed by atoms with Crippen LogP contribution in [0.25, 0.3) is 11.1 Å². The minimum absolute atomic E-state index is 0.00981. The molecule has 0 bridgehead atoms. The van der Waals surface area contributed by atoms with Crippen molar-refractivity contribution in [3.05, 3.63) is 35.0 Å². The SMILES string of the molecule is CC(F)(F)c1c(Cl)cccc1-c1cn[nH]c1N. The quantitative estimate of drug-likeness (QED) is 0.866. The molecule has 2 rings (SSSR count). The van der Waals surface area contributed by atoms with Crippen LogP contribution in [0.2, 0.25) is 5.02 Å². The number of aromatic nitrogens is 2. The van der Waals surface area contributed by atoms with Crippen LogP contribution in [-0.4, -0.2) is 10.2 Å². The van der Waals surface area contributed by atoms with Crippen molar-refractivity contribution in [2.75, 3.05) is 5.73 Å². The van der Waals surface area contributed by atoms with Crippen molar-refractivity contribution in [1.29, 1.82) is 0 Å². The summed E-state index contributed by atoms with van der Waals surface area (Å²) in [4.78, 5) is 0. The fourth-order valence-electron chi connectivity index (χ4n) is 1.71. The second-order valence-electron chi connectivity index (χ2n) is 3.75. The van der Waals surface area contributed by atoms with Crippen molar-refractivity contribution in [3.8, 4) is 11.1 Å². The number of halogens is 3. The molecule has 0 saturated carbocycles. The Morgan fingerprint density at radius 1 is 1.35 bits per heavy atom. The monoisotopic (exact) mass is 257 g/mol. The molecule has 0 aliphatic heterocycles. The maximum absolute atomic E-state index is 13.5. The summed E-state index contributed by atoms with van der Waals surface area (Å²) in [5, 5.41) is 6.23. The van der Waals surface area contributed by atoms with Crippen molar-refractivity contribution >= 4 is 17.4 Å². The molecule has 0 unspecified atom stereocenters. The van der Waals surface area contributed by atoms with Crippen LogP contribution >= 0.6 is 11.6 Å². The number of anilines is 1. The lowest BCUT2D eigenvalue weighted by atomic mass is 9.98. The van der Waals surface area contributed by atoms with E-state index in [4.69, 9.17) is 17.3 Å². The predicted octanol–water partition coefficient (Wildman–Crippen LogP) is 3.42. The summed E-state index contributed by atoms with van der Waals surface area (Å²) < 4.78 is 27.1. The Morgan fingerprint density at radius 3 is 2.59 bits per heavy atom.